The van der Waals surface area contributed by atoms with E-state index in [1.54, 1.807) is 0 Å². The highest BCUT2D eigenvalue weighted by atomic mass is 32.1. The lowest BCUT2D eigenvalue weighted by molar-refractivity contribution is -0.118. The van der Waals surface area contributed by atoms with Crippen LogP contribution in [0.2, 0.25) is 0 Å². The number of hydrogen-bond donors (Lipinski definition) is 0. The predicted octanol–water partition coefficient (Wildman–Crippen LogP) is 5.72. The van der Waals surface area contributed by atoms with Crippen LogP contribution >= 0.6 is 11.3 Å². The zero-order valence-electron chi connectivity index (χ0n) is 18.5. The van der Waals surface area contributed by atoms with E-state index in [1.807, 2.05) is 103 Å². The van der Waals surface area contributed by atoms with Gasteiger partial charge in [0.25, 0.3) is 5.91 Å². The highest BCUT2D eigenvalue weighted by Crippen LogP contribution is 2.28. The predicted molar refractivity (Wildman–Crippen MR) is 130 cm³/mol. The first-order chi connectivity index (χ1) is 15.6. The third-order valence-electron chi connectivity index (χ3n) is 5.36. The summed E-state index contributed by atoms with van der Waals surface area (Å²) in [7, 11) is 1.96. The number of aryl methyl sites for hydroxylation is 1. The molecular weight excluding hydrogens is 416 g/mol. The molecule has 1 aromatic heterocycles. The molecule has 0 aliphatic rings. The molecule has 0 saturated heterocycles. The van der Waals surface area contributed by atoms with Crippen LogP contribution < -0.4 is 9.54 Å². The van der Waals surface area contributed by atoms with Crippen molar-refractivity contribution in [2.75, 3.05) is 6.61 Å². The summed E-state index contributed by atoms with van der Waals surface area (Å²) in [4.78, 5) is 19.8. The number of hydrogen-bond acceptors (Lipinski definition) is 3. The number of benzene rings is 3. The van der Waals surface area contributed by atoms with Crippen LogP contribution in [0, 0.1) is 6.92 Å². The van der Waals surface area contributed by atoms with E-state index < -0.39 is 5.92 Å². The largest absolute Gasteiger partial charge is 0.494 e. The minimum Gasteiger partial charge on any atom is -0.494 e. The molecule has 32 heavy (non-hydrogen) atoms. The number of ether oxygens (including phenoxy) is 1. The van der Waals surface area contributed by atoms with Gasteiger partial charge < -0.3 is 9.30 Å². The van der Waals surface area contributed by atoms with E-state index in [-0.39, 0.29) is 5.91 Å². The minimum atomic E-state index is -0.436. The molecule has 1 amide bonds. The van der Waals surface area contributed by atoms with E-state index in [0.29, 0.717) is 11.4 Å². The van der Waals surface area contributed by atoms with E-state index in [1.165, 1.54) is 11.3 Å². The summed E-state index contributed by atoms with van der Waals surface area (Å²) in [5, 5.41) is 0. The van der Waals surface area contributed by atoms with Crippen molar-refractivity contribution in [2.45, 2.75) is 19.8 Å². The van der Waals surface area contributed by atoms with Crippen molar-refractivity contribution in [1.29, 1.82) is 0 Å². The number of rotatable bonds is 6. The minimum absolute atomic E-state index is 0.169. The molecule has 4 rings (SSSR count). The Kier molecular flexibility index (Phi) is 6.66. The van der Waals surface area contributed by atoms with Crippen LogP contribution in [-0.4, -0.2) is 17.1 Å². The Bertz CT molecular complexity index is 1220. The summed E-state index contributed by atoms with van der Waals surface area (Å²) < 4.78 is 7.56. The van der Waals surface area contributed by atoms with Crippen molar-refractivity contribution in [3.63, 3.8) is 0 Å². The van der Waals surface area contributed by atoms with Gasteiger partial charge in [0.05, 0.1) is 18.2 Å². The highest BCUT2D eigenvalue weighted by molar-refractivity contribution is 7.09. The highest BCUT2D eigenvalue weighted by Gasteiger charge is 2.23. The molecule has 162 valence electrons. The van der Waals surface area contributed by atoms with Crippen LogP contribution in [0.5, 0.6) is 5.75 Å². The molecule has 3 aromatic carbocycles. The maximum absolute atomic E-state index is 13.4. The Labute approximate surface area is 192 Å². The molecule has 0 radical (unpaired) electrons. The molecule has 0 aliphatic heterocycles. The topological polar surface area (TPSA) is 43.6 Å². The maximum Gasteiger partial charge on any atom is 0.260 e. The second-order valence-electron chi connectivity index (χ2n) is 7.51. The number of aromatic nitrogens is 1. The lowest BCUT2D eigenvalue weighted by Gasteiger charge is -2.14. The Morgan fingerprint density at radius 2 is 1.50 bits per heavy atom. The van der Waals surface area contributed by atoms with Gasteiger partial charge in [-0.2, -0.15) is 4.99 Å². The van der Waals surface area contributed by atoms with Crippen molar-refractivity contribution in [3.8, 4) is 17.0 Å². The van der Waals surface area contributed by atoms with Gasteiger partial charge in [-0.15, -0.1) is 11.3 Å². The normalized spacial score (nSPS) is 11.7. The summed E-state index contributed by atoms with van der Waals surface area (Å²) in [5.74, 6) is 0.242. The van der Waals surface area contributed by atoms with Gasteiger partial charge in [0.1, 0.15) is 5.75 Å². The lowest BCUT2D eigenvalue weighted by Crippen LogP contribution is -2.19. The monoisotopic (exact) mass is 442 g/mol. The first-order valence-electron chi connectivity index (χ1n) is 10.7. The van der Waals surface area contributed by atoms with Gasteiger partial charge in [-0.1, -0.05) is 60.7 Å². The van der Waals surface area contributed by atoms with Crippen molar-refractivity contribution < 1.29 is 9.53 Å². The van der Waals surface area contributed by atoms with E-state index in [0.717, 1.165) is 33.0 Å². The molecule has 0 fully saturated rings. The van der Waals surface area contributed by atoms with E-state index in [2.05, 4.69) is 11.9 Å². The van der Waals surface area contributed by atoms with Gasteiger partial charge in [-0.3, -0.25) is 4.79 Å². The zero-order chi connectivity index (χ0) is 22.5. The van der Waals surface area contributed by atoms with Gasteiger partial charge in [0, 0.05) is 11.9 Å². The van der Waals surface area contributed by atoms with Crippen molar-refractivity contribution in [2.24, 2.45) is 12.0 Å². The smallest absolute Gasteiger partial charge is 0.260 e. The summed E-state index contributed by atoms with van der Waals surface area (Å²) >= 11 is 1.53. The lowest BCUT2D eigenvalue weighted by atomic mass is 9.91. The third kappa shape index (κ3) is 4.58. The van der Waals surface area contributed by atoms with Gasteiger partial charge in [0.2, 0.25) is 0 Å². The first-order valence-corrected chi connectivity index (χ1v) is 11.5. The van der Waals surface area contributed by atoms with Crippen LogP contribution in [0.1, 0.15) is 28.8 Å². The van der Waals surface area contributed by atoms with Gasteiger partial charge in [0.15, 0.2) is 4.80 Å². The quantitative estimate of drug-likeness (QED) is 0.383. The second-order valence-corrected chi connectivity index (χ2v) is 8.69. The van der Waals surface area contributed by atoms with Crippen molar-refractivity contribution >= 4 is 17.2 Å². The summed E-state index contributed by atoms with van der Waals surface area (Å²) in [6.07, 6.45) is 0. The molecule has 0 unspecified atom stereocenters. The van der Waals surface area contributed by atoms with E-state index in [4.69, 9.17) is 4.74 Å². The number of thiazole rings is 1. The van der Waals surface area contributed by atoms with Gasteiger partial charge >= 0.3 is 0 Å². The number of carbonyl (C=O) groups excluding carboxylic acids is 1. The Hall–Kier alpha value is -3.44. The molecule has 0 bridgehead atoms. The second kappa shape index (κ2) is 9.79. The van der Waals surface area contributed by atoms with E-state index in [9.17, 15) is 4.79 Å². The molecule has 0 spiro atoms. The first kappa shape index (κ1) is 21.8. The fraction of sp³-hybridized carbons (Fsp3) is 0.185. The van der Waals surface area contributed by atoms with Crippen LogP contribution in [0.4, 0.5) is 0 Å². The average Bonchev–Trinajstić information content (AvgIpc) is 3.09. The standard InChI is InChI=1S/C27H26N2O2S/c1-4-31-23-17-15-22(16-18-23)25-19(2)32-27(29(25)3)28-26(30)24(20-11-7-5-8-12-20)21-13-9-6-10-14-21/h5-18,24H,4H2,1-3H3. The van der Waals surface area contributed by atoms with Crippen LogP contribution in [0.15, 0.2) is 89.9 Å². The molecule has 4 aromatic rings. The Morgan fingerprint density at radius 3 is 2.03 bits per heavy atom. The molecule has 0 saturated carbocycles. The SMILES string of the molecule is CCOc1ccc(-c2c(C)sc(=NC(=O)C(c3ccccc3)c3ccccc3)n2C)cc1. The molecule has 0 atom stereocenters. The van der Waals surface area contributed by atoms with Crippen LogP contribution in [0.3, 0.4) is 0 Å². The van der Waals surface area contributed by atoms with E-state index >= 15 is 0 Å². The van der Waals surface area contributed by atoms with Gasteiger partial charge in [-0.05, 0) is 54.8 Å². The number of nitrogens with zero attached hydrogens (tertiary/aromatic N) is 2. The number of amides is 1. The fourth-order valence-corrected chi connectivity index (χ4v) is 4.87. The summed E-state index contributed by atoms with van der Waals surface area (Å²) in [6, 6.07) is 27.7. The molecular formula is C27H26N2O2S. The van der Waals surface area contributed by atoms with Crippen molar-refractivity contribution in [1.82, 2.24) is 4.57 Å². The summed E-state index contributed by atoms with van der Waals surface area (Å²) in [5.41, 5.74) is 4.01. The Morgan fingerprint density at radius 1 is 0.938 bits per heavy atom. The average molecular weight is 443 g/mol. The van der Waals surface area contributed by atoms with Gasteiger partial charge in [-0.25, -0.2) is 0 Å². The Balaban J connectivity index is 1.74. The third-order valence-corrected chi connectivity index (χ3v) is 6.40. The maximum atomic E-state index is 13.4. The summed E-state index contributed by atoms with van der Waals surface area (Å²) in [6.45, 7) is 4.67. The zero-order valence-corrected chi connectivity index (χ0v) is 19.3. The van der Waals surface area contributed by atoms with Crippen LogP contribution in [-0.2, 0) is 11.8 Å². The van der Waals surface area contributed by atoms with Crippen molar-refractivity contribution in [3.05, 3.63) is 106 Å². The molecule has 4 nitrogen and oxygen atoms in total. The van der Waals surface area contributed by atoms with Crippen LogP contribution in [0.25, 0.3) is 11.3 Å². The molecule has 1 heterocycles. The fourth-order valence-electron chi connectivity index (χ4n) is 3.88. The molecule has 5 heteroatoms. The molecule has 0 N–H and O–H groups in total. The molecule has 0 aliphatic carbocycles. The number of carbonyl (C=O) groups is 1.